The molecule has 0 saturated carbocycles. The Hall–Kier alpha value is -4.06. The number of hydrogen-bond acceptors (Lipinski definition) is 9. The van der Waals surface area contributed by atoms with E-state index in [1.165, 1.54) is 16.0 Å². The van der Waals surface area contributed by atoms with Crippen LogP contribution in [0, 0.1) is 6.92 Å². The van der Waals surface area contributed by atoms with E-state index in [0.717, 1.165) is 53.2 Å². The van der Waals surface area contributed by atoms with Crippen LogP contribution in [0.15, 0.2) is 42.6 Å². The van der Waals surface area contributed by atoms with Crippen LogP contribution in [0.4, 0.5) is 10.9 Å². The summed E-state index contributed by atoms with van der Waals surface area (Å²) in [7, 11) is 0. The summed E-state index contributed by atoms with van der Waals surface area (Å²) in [6, 6.07) is 11.5. The molecule has 0 saturated heterocycles. The molecule has 0 bridgehead atoms. The molecule has 0 radical (unpaired) electrons. The molecule has 3 aromatic heterocycles. The van der Waals surface area contributed by atoms with E-state index in [1.54, 1.807) is 12.3 Å². The summed E-state index contributed by atoms with van der Waals surface area (Å²) < 4.78 is 1.52. The third kappa shape index (κ3) is 8.23. The summed E-state index contributed by atoms with van der Waals surface area (Å²) in [6.07, 6.45) is 5.40. The molecule has 0 fully saturated rings. The fourth-order valence-electron chi connectivity index (χ4n) is 3.70. The normalized spacial score (nSPS) is 11.1. The van der Waals surface area contributed by atoms with Crippen molar-refractivity contribution in [2.24, 2.45) is 0 Å². The molecule has 11 nitrogen and oxygen atoms in total. The number of hydrogen-bond donors (Lipinski definition) is 2. The molecule has 0 aliphatic rings. The highest BCUT2D eigenvalue weighted by molar-refractivity contribution is 7.15. The number of benzene rings is 1. The number of carbonyl (C=O) groups excluding carboxylic acids is 2. The Labute approximate surface area is 225 Å². The third-order valence-electron chi connectivity index (χ3n) is 5.67. The number of nitrogens with one attached hydrogen (secondary N) is 2. The van der Waals surface area contributed by atoms with Gasteiger partial charge < -0.3 is 5.32 Å². The van der Waals surface area contributed by atoms with Gasteiger partial charge in [0.05, 0.1) is 17.8 Å². The predicted octanol–water partition coefficient (Wildman–Crippen LogP) is 3.74. The summed E-state index contributed by atoms with van der Waals surface area (Å²) in [5, 5.41) is 31.5. The van der Waals surface area contributed by atoms with E-state index in [4.69, 9.17) is 0 Å². The van der Waals surface area contributed by atoms with Crippen molar-refractivity contribution in [3.05, 3.63) is 70.1 Å². The Morgan fingerprint density at radius 2 is 1.79 bits per heavy atom. The molecule has 0 unspecified atom stereocenters. The van der Waals surface area contributed by atoms with Crippen molar-refractivity contribution < 1.29 is 9.59 Å². The number of aryl methyl sites for hydroxylation is 3. The minimum absolute atomic E-state index is 0.0743. The number of unbranched alkanes of at least 4 members (excludes halogenated alkanes) is 1. The van der Waals surface area contributed by atoms with Crippen LogP contribution in [0.3, 0.4) is 0 Å². The molecule has 0 aliphatic heterocycles. The van der Waals surface area contributed by atoms with Gasteiger partial charge in [-0.15, -0.1) is 20.4 Å². The zero-order chi connectivity index (χ0) is 26.9. The van der Waals surface area contributed by atoms with Crippen LogP contribution >= 0.6 is 11.3 Å². The monoisotopic (exact) mass is 533 g/mol. The zero-order valence-electron chi connectivity index (χ0n) is 21.7. The molecule has 0 aliphatic carbocycles. The molecular weight excluding hydrogens is 502 g/mol. The average Bonchev–Trinajstić information content (AvgIpc) is 3.52. The van der Waals surface area contributed by atoms with E-state index < -0.39 is 0 Å². The first-order valence-electron chi connectivity index (χ1n) is 12.5. The van der Waals surface area contributed by atoms with Crippen LogP contribution < -0.4 is 10.6 Å². The van der Waals surface area contributed by atoms with Gasteiger partial charge in [-0.25, -0.2) is 4.68 Å². The van der Waals surface area contributed by atoms with Gasteiger partial charge in [0, 0.05) is 12.6 Å². The van der Waals surface area contributed by atoms with Gasteiger partial charge in [0.1, 0.15) is 11.6 Å². The van der Waals surface area contributed by atoms with Gasteiger partial charge in [0.2, 0.25) is 16.9 Å². The van der Waals surface area contributed by atoms with E-state index >= 15 is 0 Å². The summed E-state index contributed by atoms with van der Waals surface area (Å²) in [4.78, 5) is 24.5. The van der Waals surface area contributed by atoms with Gasteiger partial charge in [-0.2, -0.15) is 5.10 Å². The van der Waals surface area contributed by atoms with Gasteiger partial charge in [-0.1, -0.05) is 60.2 Å². The first-order valence-corrected chi connectivity index (χ1v) is 13.4. The fourth-order valence-corrected chi connectivity index (χ4v) is 4.50. The zero-order valence-corrected chi connectivity index (χ0v) is 22.5. The molecule has 198 valence electrons. The van der Waals surface area contributed by atoms with Crippen LogP contribution in [-0.4, -0.2) is 47.2 Å². The van der Waals surface area contributed by atoms with Crippen molar-refractivity contribution in [1.82, 2.24) is 35.4 Å². The predicted molar refractivity (Wildman–Crippen MR) is 145 cm³/mol. The van der Waals surface area contributed by atoms with Gasteiger partial charge in [-0.3, -0.25) is 14.9 Å². The average molecular weight is 534 g/mol. The van der Waals surface area contributed by atoms with Crippen molar-refractivity contribution in [3.63, 3.8) is 0 Å². The first kappa shape index (κ1) is 27.0. The smallest absolute Gasteiger partial charge is 0.247 e. The van der Waals surface area contributed by atoms with E-state index in [-0.39, 0.29) is 24.3 Å². The standard InChI is InChI=1S/C26H31N9O2S/c1-17(2)21-15-35(34-30-21)16-24(37)28-26-33-32-25(38-26)10-5-4-9-20-11-12-22(31-29-20)27-23(36)14-19-8-6-7-18(3)13-19/h6-8,11-13,15,17H,4-5,9-10,14,16H2,1-3H3,(H,27,31,36)(H,28,33,37). The van der Waals surface area contributed by atoms with Crippen molar-refractivity contribution in [3.8, 4) is 0 Å². The Balaban J connectivity index is 1.15. The van der Waals surface area contributed by atoms with E-state index in [0.29, 0.717) is 17.4 Å². The van der Waals surface area contributed by atoms with Crippen LogP contribution in [0.5, 0.6) is 0 Å². The summed E-state index contributed by atoms with van der Waals surface area (Å²) in [6.45, 7) is 6.12. The van der Waals surface area contributed by atoms with Crippen molar-refractivity contribution in [2.45, 2.75) is 65.3 Å². The highest BCUT2D eigenvalue weighted by atomic mass is 32.1. The molecule has 3 heterocycles. The van der Waals surface area contributed by atoms with E-state index in [9.17, 15) is 9.59 Å². The Morgan fingerprint density at radius 1 is 0.947 bits per heavy atom. The van der Waals surface area contributed by atoms with Crippen molar-refractivity contribution in [1.29, 1.82) is 0 Å². The molecule has 2 amide bonds. The highest BCUT2D eigenvalue weighted by Gasteiger charge is 2.12. The number of anilines is 2. The van der Waals surface area contributed by atoms with Crippen LogP contribution in [0.25, 0.3) is 0 Å². The third-order valence-corrected chi connectivity index (χ3v) is 6.57. The second kappa shape index (κ2) is 13.0. The summed E-state index contributed by atoms with van der Waals surface area (Å²) in [5.41, 5.74) is 3.79. The molecule has 4 rings (SSSR count). The Kier molecular flexibility index (Phi) is 9.20. The van der Waals surface area contributed by atoms with Gasteiger partial charge in [-0.05, 0) is 49.8 Å². The molecule has 0 atom stereocenters. The molecule has 1 aromatic carbocycles. The summed E-state index contributed by atoms with van der Waals surface area (Å²) in [5.74, 6) is 0.357. The molecule has 0 spiro atoms. The second-order valence-electron chi connectivity index (χ2n) is 9.38. The number of carbonyl (C=O) groups is 2. The van der Waals surface area contributed by atoms with E-state index in [1.807, 2.05) is 51.1 Å². The first-order chi connectivity index (χ1) is 18.3. The maximum Gasteiger partial charge on any atom is 0.247 e. The van der Waals surface area contributed by atoms with Gasteiger partial charge in [0.15, 0.2) is 5.82 Å². The number of aromatic nitrogens is 7. The van der Waals surface area contributed by atoms with Crippen LogP contribution in [0.2, 0.25) is 0 Å². The Morgan fingerprint density at radius 3 is 2.53 bits per heavy atom. The fraction of sp³-hybridized carbons (Fsp3) is 0.385. The van der Waals surface area contributed by atoms with Crippen molar-refractivity contribution in [2.75, 3.05) is 10.6 Å². The molecule has 2 N–H and O–H groups in total. The van der Waals surface area contributed by atoms with Crippen LogP contribution in [0.1, 0.15) is 60.1 Å². The minimum Gasteiger partial charge on any atom is -0.309 e. The largest absolute Gasteiger partial charge is 0.309 e. The lowest BCUT2D eigenvalue weighted by molar-refractivity contribution is -0.117. The lowest BCUT2D eigenvalue weighted by Crippen LogP contribution is -2.19. The second-order valence-corrected chi connectivity index (χ2v) is 10.4. The Bertz CT molecular complexity index is 1370. The maximum absolute atomic E-state index is 12.3. The lowest BCUT2D eigenvalue weighted by Gasteiger charge is -2.05. The lowest BCUT2D eigenvalue weighted by atomic mass is 10.1. The minimum atomic E-state index is -0.221. The highest BCUT2D eigenvalue weighted by Crippen LogP contribution is 2.18. The summed E-state index contributed by atoms with van der Waals surface area (Å²) >= 11 is 1.37. The maximum atomic E-state index is 12.3. The van der Waals surface area contributed by atoms with Gasteiger partial charge in [0.25, 0.3) is 0 Å². The number of rotatable bonds is 12. The SMILES string of the molecule is Cc1cccc(CC(=O)Nc2ccc(CCCCc3nnc(NC(=O)Cn4cc(C(C)C)nn4)s3)nn2)c1. The molecular formula is C26H31N9O2S. The van der Waals surface area contributed by atoms with E-state index in [2.05, 4.69) is 41.3 Å². The quantitative estimate of drug-likeness (QED) is 0.263. The molecule has 12 heteroatoms. The number of nitrogens with zero attached hydrogens (tertiary/aromatic N) is 7. The molecule has 4 aromatic rings. The van der Waals surface area contributed by atoms with Gasteiger partial charge >= 0.3 is 0 Å². The van der Waals surface area contributed by atoms with Crippen molar-refractivity contribution >= 4 is 34.1 Å². The van der Waals surface area contributed by atoms with Crippen LogP contribution in [-0.2, 0) is 35.4 Å². The number of amides is 2. The molecule has 38 heavy (non-hydrogen) atoms. The topological polar surface area (TPSA) is 140 Å².